The summed E-state index contributed by atoms with van der Waals surface area (Å²) in [5.74, 6) is -2.64. The highest BCUT2D eigenvalue weighted by Gasteiger charge is 2.26. The zero-order chi connectivity index (χ0) is 14.4. The van der Waals surface area contributed by atoms with Gasteiger partial charge in [-0.1, -0.05) is 0 Å². The number of aromatic nitrogens is 1. The Balaban J connectivity index is 2.94. The first-order chi connectivity index (χ1) is 8.75. The first-order valence-corrected chi connectivity index (χ1v) is 5.82. The van der Waals surface area contributed by atoms with Crippen LogP contribution < -0.4 is 10.3 Å². The summed E-state index contributed by atoms with van der Waals surface area (Å²) in [7, 11) is 2.99. The van der Waals surface area contributed by atoms with Crippen LogP contribution in [0.4, 0.5) is 8.78 Å². The molecule has 0 N–H and O–H groups in total. The van der Waals surface area contributed by atoms with Crippen molar-refractivity contribution in [3.05, 3.63) is 39.7 Å². The van der Waals surface area contributed by atoms with Gasteiger partial charge in [-0.3, -0.25) is 4.79 Å². The summed E-state index contributed by atoms with van der Waals surface area (Å²) in [5, 5.41) is 0.648. The van der Waals surface area contributed by atoms with E-state index in [9.17, 15) is 13.6 Å². The van der Waals surface area contributed by atoms with E-state index >= 15 is 0 Å². The van der Waals surface area contributed by atoms with Gasteiger partial charge in [0.05, 0.1) is 12.6 Å². The van der Waals surface area contributed by atoms with Gasteiger partial charge in [0.25, 0.3) is 11.5 Å². The van der Waals surface area contributed by atoms with E-state index in [1.165, 1.54) is 23.8 Å². The van der Waals surface area contributed by atoms with Crippen molar-refractivity contribution < 1.29 is 13.5 Å². The minimum absolute atomic E-state index is 0.171. The molecule has 0 aliphatic carbocycles. The average molecular weight is 267 g/mol. The molecule has 0 saturated carbocycles. The average Bonchev–Trinajstić information content (AvgIpc) is 2.34. The van der Waals surface area contributed by atoms with Crippen molar-refractivity contribution in [3.63, 3.8) is 0 Å². The molecule has 0 bridgehead atoms. The summed E-state index contributed by atoms with van der Waals surface area (Å²) < 4.78 is 33.5. The van der Waals surface area contributed by atoms with E-state index in [-0.39, 0.29) is 11.1 Å². The Kier molecular flexibility index (Phi) is 3.08. The van der Waals surface area contributed by atoms with E-state index in [4.69, 9.17) is 4.74 Å². The zero-order valence-electron chi connectivity index (χ0n) is 11.3. The minimum atomic E-state index is -2.98. The fourth-order valence-electron chi connectivity index (χ4n) is 2.11. The highest BCUT2D eigenvalue weighted by atomic mass is 19.3. The molecule has 1 heterocycles. The summed E-state index contributed by atoms with van der Waals surface area (Å²) in [5.41, 5.74) is 0.609. The van der Waals surface area contributed by atoms with Crippen LogP contribution >= 0.6 is 0 Å². The number of fused-ring (bicyclic) bond motifs is 1. The van der Waals surface area contributed by atoms with Crippen LogP contribution in [0.1, 0.15) is 18.1 Å². The smallest absolute Gasteiger partial charge is 0.270 e. The molecule has 102 valence electrons. The van der Waals surface area contributed by atoms with Crippen molar-refractivity contribution in [2.45, 2.75) is 19.8 Å². The molecule has 0 unspecified atom stereocenters. The molecule has 0 amide bonds. The van der Waals surface area contributed by atoms with Gasteiger partial charge in [0.15, 0.2) is 0 Å². The predicted octanol–water partition coefficient (Wildman–Crippen LogP) is 2.97. The molecule has 2 rings (SSSR count). The van der Waals surface area contributed by atoms with Gasteiger partial charge >= 0.3 is 0 Å². The third-order valence-corrected chi connectivity index (χ3v) is 3.21. The van der Waals surface area contributed by atoms with Crippen LogP contribution in [0.25, 0.3) is 10.9 Å². The zero-order valence-corrected chi connectivity index (χ0v) is 11.3. The molecule has 2 aromatic rings. The molecule has 3 nitrogen and oxygen atoms in total. The number of halogens is 2. The lowest BCUT2D eigenvalue weighted by Gasteiger charge is -2.16. The second-order valence-corrected chi connectivity index (χ2v) is 4.69. The summed E-state index contributed by atoms with van der Waals surface area (Å²) >= 11 is 0. The summed E-state index contributed by atoms with van der Waals surface area (Å²) in [6.07, 6.45) is 0. The van der Waals surface area contributed by atoms with Crippen molar-refractivity contribution in [1.29, 1.82) is 0 Å². The normalized spacial score (nSPS) is 11.9. The molecule has 0 saturated heterocycles. The van der Waals surface area contributed by atoms with E-state index in [1.54, 1.807) is 20.0 Å². The number of benzene rings is 1. The van der Waals surface area contributed by atoms with Crippen molar-refractivity contribution in [2.24, 2.45) is 7.05 Å². The van der Waals surface area contributed by atoms with Gasteiger partial charge in [-0.05, 0) is 25.1 Å². The maximum atomic E-state index is 13.5. The molecular weight excluding hydrogens is 252 g/mol. The fourth-order valence-corrected chi connectivity index (χ4v) is 2.11. The van der Waals surface area contributed by atoms with Gasteiger partial charge < -0.3 is 9.30 Å². The van der Waals surface area contributed by atoms with Gasteiger partial charge in [-0.2, -0.15) is 0 Å². The highest BCUT2D eigenvalue weighted by molar-refractivity contribution is 5.87. The van der Waals surface area contributed by atoms with Crippen molar-refractivity contribution in [3.8, 4) is 5.75 Å². The molecule has 0 radical (unpaired) electrons. The third kappa shape index (κ3) is 2.20. The first-order valence-electron chi connectivity index (χ1n) is 5.82. The van der Waals surface area contributed by atoms with Gasteiger partial charge in [0.2, 0.25) is 0 Å². The number of ether oxygens (including phenoxy) is 1. The molecule has 5 heteroatoms. The Labute approximate surface area is 109 Å². The fraction of sp³-hybridized carbons (Fsp3) is 0.357. The molecule has 1 aromatic carbocycles. The molecule has 0 aliphatic heterocycles. The molecule has 0 atom stereocenters. The number of pyridine rings is 1. The summed E-state index contributed by atoms with van der Waals surface area (Å²) in [6, 6.07) is 4.30. The number of hydrogen-bond donors (Lipinski definition) is 0. The summed E-state index contributed by atoms with van der Waals surface area (Å²) in [4.78, 5) is 11.9. The standard InChI is InChI=1S/C14H15F2NO2/c1-8-5-10-11(17(3)13(8)18)6-9(14(2,15)16)7-12(10)19-4/h5-7H,1-4H3. The Morgan fingerprint density at radius 1 is 1.26 bits per heavy atom. The molecular formula is C14H15F2NO2. The Hall–Kier alpha value is -1.91. The van der Waals surface area contributed by atoms with Crippen LogP contribution in [0.5, 0.6) is 5.75 Å². The van der Waals surface area contributed by atoms with Crippen molar-refractivity contribution in [2.75, 3.05) is 7.11 Å². The largest absolute Gasteiger partial charge is 0.496 e. The van der Waals surface area contributed by atoms with Crippen LogP contribution in [0.15, 0.2) is 23.0 Å². The van der Waals surface area contributed by atoms with Crippen LogP contribution in [0, 0.1) is 6.92 Å². The van der Waals surface area contributed by atoms with Gasteiger partial charge in [-0.15, -0.1) is 0 Å². The van der Waals surface area contributed by atoms with Crippen LogP contribution in [0.2, 0.25) is 0 Å². The third-order valence-electron chi connectivity index (χ3n) is 3.21. The minimum Gasteiger partial charge on any atom is -0.496 e. The Morgan fingerprint density at radius 3 is 2.42 bits per heavy atom. The molecule has 19 heavy (non-hydrogen) atoms. The number of nitrogens with zero attached hydrogens (tertiary/aromatic N) is 1. The first kappa shape index (κ1) is 13.5. The van der Waals surface area contributed by atoms with Gasteiger partial charge in [-0.25, -0.2) is 8.78 Å². The second-order valence-electron chi connectivity index (χ2n) is 4.69. The van der Waals surface area contributed by atoms with E-state index < -0.39 is 5.92 Å². The maximum absolute atomic E-state index is 13.5. The highest BCUT2D eigenvalue weighted by Crippen LogP contribution is 2.34. The lowest BCUT2D eigenvalue weighted by molar-refractivity contribution is 0.0174. The van der Waals surface area contributed by atoms with E-state index in [0.717, 1.165) is 6.92 Å². The number of methoxy groups -OCH3 is 1. The van der Waals surface area contributed by atoms with Crippen molar-refractivity contribution in [1.82, 2.24) is 4.57 Å². The number of rotatable bonds is 2. The van der Waals surface area contributed by atoms with E-state index in [2.05, 4.69) is 0 Å². The van der Waals surface area contributed by atoms with Gasteiger partial charge in [0.1, 0.15) is 5.75 Å². The number of alkyl halides is 2. The quantitative estimate of drug-likeness (QED) is 0.837. The Morgan fingerprint density at radius 2 is 1.89 bits per heavy atom. The lowest BCUT2D eigenvalue weighted by atomic mass is 10.0. The number of aryl methyl sites for hydroxylation is 2. The molecule has 1 aromatic heterocycles. The number of hydrogen-bond acceptors (Lipinski definition) is 2. The maximum Gasteiger partial charge on any atom is 0.270 e. The molecule has 0 spiro atoms. The van der Waals surface area contributed by atoms with Crippen molar-refractivity contribution >= 4 is 10.9 Å². The van der Waals surface area contributed by atoms with Crippen LogP contribution in [-0.2, 0) is 13.0 Å². The monoisotopic (exact) mass is 267 g/mol. The second kappa shape index (κ2) is 4.33. The predicted molar refractivity (Wildman–Crippen MR) is 70.0 cm³/mol. The van der Waals surface area contributed by atoms with Crippen LogP contribution in [0.3, 0.4) is 0 Å². The topological polar surface area (TPSA) is 31.2 Å². The lowest BCUT2D eigenvalue weighted by Crippen LogP contribution is -2.20. The van der Waals surface area contributed by atoms with Gasteiger partial charge in [0, 0.05) is 30.5 Å². The molecule has 0 aliphatic rings. The Bertz CT molecular complexity index is 699. The summed E-state index contributed by atoms with van der Waals surface area (Å²) in [6.45, 7) is 2.50. The molecule has 0 fully saturated rings. The SMILES string of the molecule is COc1cc(C(C)(F)F)cc2c1cc(C)c(=O)n2C. The van der Waals surface area contributed by atoms with E-state index in [1.807, 2.05) is 0 Å². The van der Waals surface area contributed by atoms with Crippen LogP contribution in [-0.4, -0.2) is 11.7 Å². The van der Waals surface area contributed by atoms with E-state index in [0.29, 0.717) is 22.2 Å².